The second kappa shape index (κ2) is 10.7. The molecule has 4 heterocycles. The van der Waals surface area contributed by atoms with Crippen molar-refractivity contribution in [3.05, 3.63) is 53.7 Å². The molecule has 37 heavy (non-hydrogen) atoms. The van der Waals surface area contributed by atoms with Crippen molar-refractivity contribution in [1.82, 2.24) is 24.4 Å². The molecule has 0 saturated carbocycles. The molecule has 0 atom stereocenters. The minimum absolute atomic E-state index is 0.266. The molecule has 2 aliphatic rings. The number of hydrogen-bond acceptors (Lipinski definition) is 6. The third kappa shape index (κ3) is 5.58. The molecule has 2 saturated heterocycles. The zero-order chi connectivity index (χ0) is 26.0. The molecular weight excluding hydrogens is 479 g/mol. The van der Waals surface area contributed by atoms with Crippen molar-refractivity contribution in [1.29, 1.82) is 0 Å². The quantitative estimate of drug-likeness (QED) is 0.480. The van der Waals surface area contributed by atoms with E-state index in [0.717, 1.165) is 93.6 Å². The van der Waals surface area contributed by atoms with Gasteiger partial charge in [0.2, 0.25) is 0 Å². The normalized spacial score (nSPS) is 17.6. The number of anilines is 2. The van der Waals surface area contributed by atoms with E-state index < -0.39 is 11.7 Å². The summed E-state index contributed by atoms with van der Waals surface area (Å²) >= 11 is 0. The monoisotopic (exact) mass is 513 g/mol. The zero-order valence-electron chi connectivity index (χ0n) is 21.2. The maximum Gasteiger partial charge on any atom is 0.416 e. The van der Waals surface area contributed by atoms with Crippen LogP contribution in [0.15, 0.2) is 36.8 Å². The highest BCUT2D eigenvalue weighted by molar-refractivity contribution is 5.60. The predicted octanol–water partition coefficient (Wildman–Crippen LogP) is 4.98. The molecule has 2 aromatic heterocycles. The van der Waals surface area contributed by atoms with Crippen molar-refractivity contribution >= 4 is 11.6 Å². The lowest BCUT2D eigenvalue weighted by Gasteiger charge is -2.34. The Morgan fingerprint density at radius 2 is 1.68 bits per heavy atom. The van der Waals surface area contributed by atoms with E-state index in [9.17, 15) is 13.2 Å². The largest absolute Gasteiger partial charge is 0.416 e. The Morgan fingerprint density at radius 1 is 0.973 bits per heavy atom. The van der Waals surface area contributed by atoms with Crippen LogP contribution in [-0.4, -0.2) is 57.1 Å². The second-order valence-electron chi connectivity index (χ2n) is 9.98. The molecule has 0 radical (unpaired) electrons. The number of likely N-dealkylation sites (tertiary alicyclic amines) is 1. The van der Waals surface area contributed by atoms with Crippen LogP contribution in [0.25, 0.3) is 11.3 Å². The van der Waals surface area contributed by atoms with Crippen molar-refractivity contribution in [3.63, 3.8) is 0 Å². The summed E-state index contributed by atoms with van der Waals surface area (Å²) in [6, 6.07) is 5.31. The molecule has 1 aromatic carbocycles. The molecule has 198 valence electrons. The van der Waals surface area contributed by atoms with Crippen LogP contribution in [0.2, 0.25) is 0 Å². The van der Waals surface area contributed by atoms with Gasteiger partial charge in [0.1, 0.15) is 23.8 Å². The standard InChI is InChI=1S/C27H34F3N7/c1-2-22-24(31)32-18-33-26(22)36-13-9-20(10-14-36)25-34-23(17-37(25)16-15-35-11-3-4-12-35)19-5-7-21(8-6-19)27(28,29)30/h5-8,17-18,20H,2-4,9-16H2,1H3,(H2,31,32,33). The number of alkyl halides is 3. The molecule has 2 aliphatic heterocycles. The van der Waals surface area contributed by atoms with Crippen LogP contribution in [0.1, 0.15) is 55.5 Å². The van der Waals surface area contributed by atoms with Crippen LogP contribution >= 0.6 is 0 Å². The Balaban J connectivity index is 1.36. The molecule has 0 aliphatic carbocycles. The maximum atomic E-state index is 13.1. The van der Waals surface area contributed by atoms with Gasteiger partial charge in [-0.3, -0.25) is 0 Å². The third-order valence-corrected chi connectivity index (χ3v) is 7.64. The summed E-state index contributed by atoms with van der Waals surface area (Å²) in [4.78, 5) is 18.4. The first-order chi connectivity index (χ1) is 17.8. The van der Waals surface area contributed by atoms with Crippen molar-refractivity contribution in [2.24, 2.45) is 0 Å². The zero-order valence-corrected chi connectivity index (χ0v) is 21.2. The number of piperidine rings is 1. The predicted molar refractivity (Wildman–Crippen MR) is 138 cm³/mol. The second-order valence-corrected chi connectivity index (χ2v) is 9.98. The number of nitrogens with zero attached hydrogens (tertiary/aromatic N) is 6. The summed E-state index contributed by atoms with van der Waals surface area (Å²) in [6.07, 6.45) is 4.27. The van der Waals surface area contributed by atoms with Gasteiger partial charge in [0, 0.05) is 49.4 Å². The number of nitrogen functional groups attached to an aromatic ring is 1. The van der Waals surface area contributed by atoms with E-state index in [2.05, 4.69) is 31.3 Å². The van der Waals surface area contributed by atoms with Gasteiger partial charge in [0.25, 0.3) is 0 Å². The SMILES string of the molecule is CCc1c(N)ncnc1N1CCC(c2nc(-c3ccc(C(F)(F)F)cc3)cn2CCN2CCCC2)CC1. The van der Waals surface area contributed by atoms with E-state index in [4.69, 9.17) is 10.7 Å². The van der Waals surface area contributed by atoms with Gasteiger partial charge in [-0.1, -0.05) is 19.1 Å². The fraction of sp³-hybridized carbons (Fsp3) is 0.519. The van der Waals surface area contributed by atoms with Crippen molar-refractivity contribution in [3.8, 4) is 11.3 Å². The molecule has 10 heteroatoms. The number of imidazole rings is 1. The first kappa shape index (κ1) is 25.5. The van der Waals surface area contributed by atoms with Gasteiger partial charge in [-0.25, -0.2) is 15.0 Å². The fourth-order valence-corrected chi connectivity index (χ4v) is 5.54. The van der Waals surface area contributed by atoms with Crippen LogP contribution in [0.5, 0.6) is 0 Å². The highest BCUT2D eigenvalue weighted by atomic mass is 19.4. The molecule has 0 bridgehead atoms. The van der Waals surface area contributed by atoms with Crippen molar-refractivity contribution in [2.45, 2.75) is 57.7 Å². The molecule has 0 unspecified atom stereocenters. The molecule has 2 N–H and O–H groups in total. The molecule has 0 amide bonds. The number of aromatic nitrogens is 4. The smallest absolute Gasteiger partial charge is 0.383 e. The van der Waals surface area contributed by atoms with Gasteiger partial charge in [-0.15, -0.1) is 0 Å². The summed E-state index contributed by atoms with van der Waals surface area (Å²) in [5, 5.41) is 0. The van der Waals surface area contributed by atoms with Crippen LogP contribution in [-0.2, 0) is 19.1 Å². The van der Waals surface area contributed by atoms with Crippen molar-refractivity contribution < 1.29 is 13.2 Å². The molecule has 3 aromatic rings. The number of nitrogens with two attached hydrogens (primary N) is 1. The van der Waals surface area contributed by atoms with Gasteiger partial charge >= 0.3 is 6.18 Å². The average molecular weight is 514 g/mol. The van der Waals surface area contributed by atoms with Crippen molar-refractivity contribution in [2.75, 3.05) is 43.4 Å². The van der Waals surface area contributed by atoms with Crippen LogP contribution in [0.4, 0.5) is 24.8 Å². The average Bonchev–Trinajstić information content (AvgIpc) is 3.57. The first-order valence-corrected chi connectivity index (χ1v) is 13.1. The van der Waals surface area contributed by atoms with Gasteiger partial charge in [0.05, 0.1) is 11.3 Å². The molecule has 2 fully saturated rings. The fourth-order valence-electron chi connectivity index (χ4n) is 5.54. The van der Waals surface area contributed by atoms with E-state index in [1.54, 1.807) is 0 Å². The van der Waals surface area contributed by atoms with Gasteiger partial charge < -0.3 is 20.1 Å². The third-order valence-electron chi connectivity index (χ3n) is 7.64. The lowest BCUT2D eigenvalue weighted by atomic mass is 9.95. The first-order valence-electron chi connectivity index (χ1n) is 13.1. The summed E-state index contributed by atoms with van der Waals surface area (Å²) in [5.41, 5.74) is 7.87. The van der Waals surface area contributed by atoms with Gasteiger partial charge in [0.15, 0.2) is 0 Å². The summed E-state index contributed by atoms with van der Waals surface area (Å²) < 4.78 is 41.4. The van der Waals surface area contributed by atoms with E-state index in [-0.39, 0.29) is 5.92 Å². The summed E-state index contributed by atoms with van der Waals surface area (Å²) in [5.74, 6) is 2.73. The summed E-state index contributed by atoms with van der Waals surface area (Å²) in [6.45, 7) is 7.75. The molecule has 7 nitrogen and oxygen atoms in total. The molecule has 5 rings (SSSR count). The highest BCUT2D eigenvalue weighted by Crippen LogP contribution is 2.34. The summed E-state index contributed by atoms with van der Waals surface area (Å²) in [7, 11) is 0. The highest BCUT2D eigenvalue weighted by Gasteiger charge is 2.31. The van der Waals surface area contributed by atoms with E-state index in [1.165, 1.54) is 31.3 Å². The Kier molecular flexibility index (Phi) is 7.37. The topological polar surface area (TPSA) is 76.1 Å². The van der Waals surface area contributed by atoms with Crippen LogP contribution < -0.4 is 10.6 Å². The molecule has 0 spiro atoms. The van der Waals surface area contributed by atoms with Gasteiger partial charge in [-0.2, -0.15) is 13.2 Å². The lowest BCUT2D eigenvalue weighted by molar-refractivity contribution is -0.137. The Bertz CT molecular complexity index is 1190. The van der Waals surface area contributed by atoms with Crippen LogP contribution in [0.3, 0.4) is 0 Å². The Labute approximate surface area is 215 Å². The van der Waals surface area contributed by atoms with E-state index >= 15 is 0 Å². The number of halogens is 3. The van der Waals surface area contributed by atoms with Crippen LogP contribution in [0, 0.1) is 0 Å². The number of rotatable bonds is 7. The minimum Gasteiger partial charge on any atom is -0.383 e. The van der Waals surface area contributed by atoms with Gasteiger partial charge in [-0.05, 0) is 57.3 Å². The number of hydrogen-bond donors (Lipinski definition) is 1. The Hall–Kier alpha value is -3.14. The molecular formula is C27H34F3N7. The van der Waals surface area contributed by atoms with E-state index in [0.29, 0.717) is 11.4 Å². The number of benzene rings is 1. The minimum atomic E-state index is -4.35. The maximum absolute atomic E-state index is 13.1. The van der Waals surface area contributed by atoms with E-state index in [1.807, 2.05) is 6.20 Å². The lowest BCUT2D eigenvalue weighted by Crippen LogP contribution is -2.35. The Morgan fingerprint density at radius 3 is 2.32 bits per heavy atom.